The fraction of sp³-hybridized carbons (Fsp3) is 0.360. The van der Waals surface area contributed by atoms with Gasteiger partial charge < -0.3 is 14.3 Å². The Morgan fingerprint density at radius 1 is 1.22 bits per heavy atom. The third kappa shape index (κ3) is 4.32. The summed E-state index contributed by atoms with van der Waals surface area (Å²) < 4.78 is 12.1. The lowest BCUT2D eigenvalue weighted by Crippen LogP contribution is -2.36. The molecule has 1 N–H and O–H groups in total. The van der Waals surface area contributed by atoms with Gasteiger partial charge in [0.15, 0.2) is 0 Å². The highest BCUT2D eigenvalue weighted by atomic mass is 79.9. The molecule has 3 aromatic rings. The number of phenolic OH excluding ortho intramolecular Hbond substituents is 1. The normalized spacial score (nSPS) is 16.9. The van der Waals surface area contributed by atoms with Crippen LogP contribution in [0.3, 0.4) is 0 Å². The van der Waals surface area contributed by atoms with Crippen LogP contribution in [-0.4, -0.2) is 35.2 Å². The largest absolute Gasteiger partial charge is 0.507 e. The number of carbonyl (C=O) groups is 1. The average Bonchev–Trinajstić information content (AvgIpc) is 2.78. The number of hydrogen-bond donors (Lipinski definition) is 1. The number of benzene rings is 2. The molecule has 0 spiro atoms. The molecule has 1 fully saturated rings. The molecule has 2 aromatic carbocycles. The number of nitrogens with zero attached hydrogens (tertiary/aromatic N) is 1. The van der Waals surface area contributed by atoms with E-state index in [1.807, 2.05) is 0 Å². The van der Waals surface area contributed by atoms with Crippen LogP contribution in [0.15, 0.2) is 50.1 Å². The number of esters is 1. The van der Waals surface area contributed by atoms with Gasteiger partial charge in [0.25, 0.3) is 0 Å². The molecule has 0 amide bonds. The van der Waals surface area contributed by atoms with E-state index in [9.17, 15) is 14.7 Å². The zero-order chi connectivity index (χ0) is 22.8. The first-order valence-corrected chi connectivity index (χ1v) is 11.7. The number of piperidine rings is 1. The van der Waals surface area contributed by atoms with E-state index >= 15 is 0 Å². The maximum Gasteiger partial charge on any atom is 0.375 e. The van der Waals surface area contributed by atoms with E-state index in [1.54, 1.807) is 37.3 Å². The van der Waals surface area contributed by atoms with Crippen molar-refractivity contribution >= 4 is 32.9 Å². The third-order valence-corrected chi connectivity index (χ3v) is 6.56. The molecule has 0 radical (unpaired) electrons. The Morgan fingerprint density at radius 3 is 2.66 bits per heavy atom. The number of likely N-dealkylation sites (tertiary alicyclic amines) is 1. The Hall–Kier alpha value is -2.64. The van der Waals surface area contributed by atoms with E-state index in [4.69, 9.17) is 9.15 Å². The van der Waals surface area contributed by atoms with Gasteiger partial charge in [-0.15, -0.1) is 0 Å². The molecule has 1 aliphatic heterocycles. The number of aromatic hydroxyl groups is 1. The summed E-state index contributed by atoms with van der Waals surface area (Å²) in [4.78, 5) is 28.7. The first kappa shape index (κ1) is 22.6. The van der Waals surface area contributed by atoms with Gasteiger partial charge >= 0.3 is 5.97 Å². The quantitative estimate of drug-likeness (QED) is 0.468. The molecular weight excluding hydrogens is 474 g/mol. The van der Waals surface area contributed by atoms with Gasteiger partial charge in [-0.3, -0.25) is 9.69 Å². The molecule has 1 unspecified atom stereocenters. The number of rotatable bonds is 5. The highest BCUT2D eigenvalue weighted by Gasteiger charge is 2.27. The minimum atomic E-state index is -0.704. The number of ether oxygens (including phenoxy) is 1. The monoisotopic (exact) mass is 499 g/mol. The molecule has 4 rings (SSSR count). The predicted octanol–water partition coefficient (Wildman–Crippen LogP) is 5.48. The molecule has 6 nitrogen and oxygen atoms in total. The van der Waals surface area contributed by atoms with Crippen LogP contribution in [0.4, 0.5) is 0 Å². The van der Waals surface area contributed by atoms with Crippen molar-refractivity contribution in [1.82, 2.24) is 4.90 Å². The summed E-state index contributed by atoms with van der Waals surface area (Å²) in [6.45, 7) is 5.35. The first-order valence-electron chi connectivity index (χ1n) is 10.9. The molecule has 0 bridgehead atoms. The highest BCUT2D eigenvalue weighted by Crippen LogP contribution is 2.33. The van der Waals surface area contributed by atoms with Crippen molar-refractivity contribution in [2.24, 2.45) is 0 Å². The van der Waals surface area contributed by atoms with Crippen molar-refractivity contribution in [2.45, 2.75) is 45.7 Å². The summed E-state index contributed by atoms with van der Waals surface area (Å²) in [5, 5.41) is 11.0. The fourth-order valence-electron chi connectivity index (χ4n) is 4.27. The molecule has 7 heteroatoms. The molecule has 32 heavy (non-hydrogen) atoms. The lowest BCUT2D eigenvalue weighted by molar-refractivity contribution is 0.0491. The summed E-state index contributed by atoms with van der Waals surface area (Å²) in [5.41, 5.74) is 1.14. The van der Waals surface area contributed by atoms with Gasteiger partial charge in [0.05, 0.1) is 23.1 Å². The van der Waals surface area contributed by atoms with Crippen molar-refractivity contribution in [1.29, 1.82) is 0 Å². The summed E-state index contributed by atoms with van der Waals surface area (Å²) in [6.07, 6.45) is 3.34. The Labute approximate surface area is 194 Å². The SMILES string of the molecule is CCOC(=O)c1oc2c(CN3CCCCC3C)c(O)ccc2c(=O)c1-c1ccc(Br)cc1. The van der Waals surface area contributed by atoms with Crippen LogP contribution in [0.25, 0.3) is 22.1 Å². The van der Waals surface area contributed by atoms with Gasteiger partial charge in [-0.05, 0) is 63.1 Å². The highest BCUT2D eigenvalue weighted by molar-refractivity contribution is 9.10. The van der Waals surface area contributed by atoms with E-state index in [2.05, 4.69) is 27.8 Å². The smallest absolute Gasteiger partial charge is 0.375 e. The second-order valence-electron chi connectivity index (χ2n) is 8.12. The number of halogens is 1. The van der Waals surface area contributed by atoms with Gasteiger partial charge in [0.1, 0.15) is 11.3 Å². The lowest BCUT2D eigenvalue weighted by Gasteiger charge is -2.33. The molecule has 2 heterocycles. The summed E-state index contributed by atoms with van der Waals surface area (Å²) in [6, 6.07) is 10.5. The minimum Gasteiger partial charge on any atom is -0.507 e. The Bertz CT molecular complexity index is 1200. The molecular formula is C25H26BrNO5. The van der Waals surface area contributed by atoms with Crippen molar-refractivity contribution in [3.05, 3.63) is 62.4 Å². The van der Waals surface area contributed by atoms with Crippen molar-refractivity contribution in [2.75, 3.05) is 13.2 Å². The second kappa shape index (κ2) is 9.46. The van der Waals surface area contributed by atoms with Crippen LogP contribution in [-0.2, 0) is 11.3 Å². The zero-order valence-corrected chi connectivity index (χ0v) is 19.8. The van der Waals surface area contributed by atoms with Crippen molar-refractivity contribution < 1.29 is 19.1 Å². The van der Waals surface area contributed by atoms with Gasteiger partial charge in [-0.1, -0.05) is 34.5 Å². The molecule has 168 valence electrons. The zero-order valence-electron chi connectivity index (χ0n) is 18.2. The minimum absolute atomic E-state index is 0.0459. The van der Waals surface area contributed by atoms with E-state index in [1.165, 1.54) is 12.5 Å². The van der Waals surface area contributed by atoms with Gasteiger partial charge in [0, 0.05) is 17.1 Å². The van der Waals surface area contributed by atoms with Gasteiger partial charge in [0.2, 0.25) is 11.2 Å². The van der Waals surface area contributed by atoms with Gasteiger partial charge in [-0.25, -0.2) is 4.79 Å². The molecule has 0 saturated carbocycles. The Kier molecular flexibility index (Phi) is 6.67. The maximum atomic E-state index is 13.6. The van der Waals surface area contributed by atoms with Crippen LogP contribution in [0.1, 0.15) is 49.2 Å². The number of fused-ring (bicyclic) bond motifs is 1. The van der Waals surface area contributed by atoms with Crippen LogP contribution >= 0.6 is 15.9 Å². The average molecular weight is 500 g/mol. The molecule has 1 aromatic heterocycles. The van der Waals surface area contributed by atoms with Crippen LogP contribution in [0, 0.1) is 0 Å². The van der Waals surface area contributed by atoms with Crippen molar-refractivity contribution in [3.8, 4) is 16.9 Å². The molecule has 1 atom stereocenters. The Balaban J connectivity index is 1.94. The maximum absolute atomic E-state index is 13.6. The van der Waals surface area contributed by atoms with E-state index in [0.717, 1.165) is 23.9 Å². The first-order chi connectivity index (χ1) is 15.4. The van der Waals surface area contributed by atoms with E-state index in [0.29, 0.717) is 29.1 Å². The third-order valence-electron chi connectivity index (χ3n) is 6.03. The molecule has 1 aliphatic rings. The summed E-state index contributed by atoms with van der Waals surface area (Å²) in [5.74, 6) is -0.806. The number of carbonyl (C=O) groups excluding carboxylic acids is 1. The van der Waals surface area contributed by atoms with Crippen LogP contribution in [0.5, 0.6) is 5.75 Å². The predicted molar refractivity (Wildman–Crippen MR) is 127 cm³/mol. The molecule has 1 saturated heterocycles. The number of hydrogen-bond acceptors (Lipinski definition) is 6. The fourth-order valence-corrected chi connectivity index (χ4v) is 4.54. The number of phenols is 1. The van der Waals surface area contributed by atoms with Gasteiger partial charge in [-0.2, -0.15) is 0 Å². The standard InChI is InChI=1S/C25H26BrNO5/c1-3-31-25(30)24-21(16-7-9-17(26)10-8-16)22(29)18-11-12-20(28)19(23(18)32-24)14-27-13-5-4-6-15(27)2/h7-12,15,28H,3-6,13-14H2,1-2H3. The van der Waals surface area contributed by atoms with Crippen LogP contribution in [0.2, 0.25) is 0 Å². The molecule has 0 aliphatic carbocycles. The summed E-state index contributed by atoms with van der Waals surface area (Å²) in [7, 11) is 0. The lowest BCUT2D eigenvalue weighted by atomic mass is 9.99. The van der Waals surface area contributed by atoms with Crippen molar-refractivity contribution in [3.63, 3.8) is 0 Å². The Morgan fingerprint density at radius 2 is 1.97 bits per heavy atom. The van der Waals surface area contributed by atoms with E-state index in [-0.39, 0.29) is 34.7 Å². The summed E-state index contributed by atoms with van der Waals surface area (Å²) >= 11 is 3.39. The topological polar surface area (TPSA) is 80.0 Å². The van der Waals surface area contributed by atoms with Crippen LogP contribution < -0.4 is 5.43 Å². The van der Waals surface area contributed by atoms with E-state index < -0.39 is 5.97 Å². The second-order valence-corrected chi connectivity index (χ2v) is 9.03.